The van der Waals surface area contributed by atoms with Crippen LogP contribution in [0, 0.1) is 0 Å². The molecule has 20 heavy (non-hydrogen) atoms. The summed E-state index contributed by atoms with van der Waals surface area (Å²) in [4.78, 5) is 0. The summed E-state index contributed by atoms with van der Waals surface area (Å²) in [5.74, 6) is 0.800. The van der Waals surface area contributed by atoms with Gasteiger partial charge in [0.15, 0.2) is 0 Å². The highest BCUT2D eigenvalue weighted by Crippen LogP contribution is 2.35. The SMILES string of the molecule is C=CCc1cc(N)ccc1Oc1snc2ccccc12. The lowest BCUT2D eigenvalue weighted by Crippen LogP contribution is -1.93. The van der Waals surface area contributed by atoms with Crippen molar-refractivity contribution >= 4 is 28.1 Å². The highest BCUT2D eigenvalue weighted by Gasteiger charge is 2.10. The Bertz CT molecular complexity index is 764. The van der Waals surface area contributed by atoms with E-state index in [-0.39, 0.29) is 0 Å². The highest BCUT2D eigenvalue weighted by molar-refractivity contribution is 7.09. The van der Waals surface area contributed by atoms with Crippen molar-refractivity contribution in [1.29, 1.82) is 0 Å². The van der Waals surface area contributed by atoms with Crippen LogP contribution in [0.5, 0.6) is 10.8 Å². The Hall–Kier alpha value is -2.33. The number of fused-ring (bicyclic) bond motifs is 1. The first kappa shape index (κ1) is 12.7. The van der Waals surface area contributed by atoms with Gasteiger partial charge in [-0.05, 0) is 36.8 Å². The summed E-state index contributed by atoms with van der Waals surface area (Å²) in [6.07, 6.45) is 2.56. The molecule has 2 aromatic carbocycles. The topological polar surface area (TPSA) is 48.1 Å². The number of benzene rings is 2. The first-order valence-corrected chi connectivity index (χ1v) is 7.07. The van der Waals surface area contributed by atoms with E-state index in [0.717, 1.165) is 39.4 Å². The number of nitrogen functional groups attached to an aromatic ring is 1. The van der Waals surface area contributed by atoms with Crippen molar-refractivity contribution in [2.75, 3.05) is 5.73 Å². The second-order valence-corrected chi connectivity index (χ2v) is 5.19. The third-order valence-corrected chi connectivity index (χ3v) is 3.76. The lowest BCUT2D eigenvalue weighted by Gasteiger charge is -2.09. The Morgan fingerprint density at radius 1 is 1.25 bits per heavy atom. The molecule has 0 atom stereocenters. The Balaban J connectivity index is 2.00. The number of rotatable bonds is 4. The van der Waals surface area contributed by atoms with Crippen LogP contribution in [-0.4, -0.2) is 4.37 Å². The zero-order chi connectivity index (χ0) is 13.9. The van der Waals surface area contributed by atoms with E-state index in [9.17, 15) is 0 Å². The molecule has 0 aliphatic carbocycles. The maximum atomic E-state index is 6.02. The first-order valence-electron chi connectivity index (χ1n) is 6.29. The molecule has 0 amide bonds. The average molecular weight is 282 g/mol. The van der Waals surface area contributed by atoms with Crippen molar-refractivity contribution in [2.24, 2.45) is 0 Å². The molecule has 3 nitrogen and oxygen atoms in total. The van der Waals surface area contributed by atoms with Crippen LogP contribution in [0.25, 0.3) is 10.9 Å². The minimum absolute atomic E-state index is 0.719. The molecule has 0 aliphatic rings. The van der Waals surface area contributed by atoms with E-state index in [4.69, 9.17) is 10.5 Å². The fourth-order valence-corrected chi connectivity index (χ4v) is 2.79. The highest BCUT2D eigenvalue weighted by atomic mass is 32.1. The van der Waals surface area contributed by atoms with Gasteiger partial charge in [0, 0.05) is 22.8 Å². The molecule has 0 aliphatic heterocycles. The zero-order valence-corrected chi connectivity index (χ0v) is 11.7. The summed E-state index contributed by atoms with van der Waals surface area (Å²) in [7, 11) is 0. The third kappa shape index (κ3) is 2.38. The number of allylic oxidation sites excluding steroid dienone is 1. The fourth-order valence-electron chi connectivity index (χ4n) is 2.05. The van der Waals surface area contributed by atoms with Crippen molar-refractivity contribution in [3.63, 3.8) is 0 Å². The average Bonchev–Trinajstić information content (AvgIpc) is 2.86. The van der Waals surface area contributed by atoms with Gasteiger partial charge >= 0.3 is 0 Å². The standard InChI is InChI=1S/C16H14N2OS/c1-2-5-11-10-12(17)8-9-15(11)19-16-13-6-3-4-7-14(13)18-20-16/h2-4,6-10H,1,5,17H2. The van der Waals surface area contributed by atoms with E-state index < -0.39 is 0 Å². The minimum Gasteiger partial charge on any atom is -0.444 e. The summed E-state index contributed by atoms with van der Waals surface area (Å²) in [6, 6.07) is 13.6. The van der Waals surface area contributed by atoms with Crippen LogP contribution in [0.4, 0.5) is 5.69 Å². The van der Waals surface area contributed by atoms with E-state index in [1.165, 1.54) is 11.5 Å². The molecule has 0 radical (unpaired) electrons. The van der Waals surface area contributed by atoms with Gasteiger partial charge in [-0.25, -0.2) is 0 Å². The molecule has 3 rings (SSSR count). The lowest BCUT2D eigenvalue weighted by atomic mass is 10.1. The second-order valence-electron chi connectivity index (χ2n) is 4.45. The van der Waals surface area contributed by atoms with Crippen LogP contribution < -0.4 is 10.5 Å². The lowest BCUT2D eigenvalue weighted by molar-refractivity contribution is 0.496. The summed E-state index contributed by atoms with van der Waals surface area (Å²) in [6.45, 7) is 3.77. The Morgan fingerprint density at radius 3 is 2.95 bits per heavy atom. The van der Waals surface area contributed by atoms with E-state index in [0.29, 0.717) is 0 Å². The number of hydrogen-bond donors (Lipinski definition) is 1. The third-order valence-electron chi connectivity index (χ3n) is 3.00. The molecule has 4 heteroatoms. The molecule has 100 valence electrons. The molecular weight excluding hydrogens is 268 g/mol. The van der Waals surface area contributed by atoms with Gasteiger partial charge in [-0.1, -0.05) is 18.2 Å². The van der Waals surface area contributed by atoms with Gasteiger partial charge in [0.25, 0.3) is 0 Å². The van der Waals surface area contributed by atoms with Crippen molar-refractivity contribution < 1.29 is 4.74 Å². The summed E-state index contributed by atoms with van der Waals surface area (Å²) < 4.78 is 10.4. The van der Waals surface area contributed by atoms with Gasteiger partial charge in [0.05, 0.1) is 10.9 Å². The van der Waals surface area contributed by atoms with E-state index in [2.05, 4.69) is 11.0 Å². The van der Waals surface area contributed by atoms with E-state index in [1.54, 1.807) is 0 Å². The minimum atomic E-state index is 0.719. The van der Waals surface area contributed by atoms with Crippen LogP contribution in [0.1, 0.15) is 5.56 Å². The predicted octanol–water partition coefficient (Wildman–Crippen LogP) is 4.40. The van der Waals surface area contributed by atoms with Crippen molar-refractivity contribution in [2.45, 2.75) is 6.42 Å². The monoisotopic (exact) mass is 282 g/mol. The number of anilines is 1. The van der Waals surface area contributed by atoms with Crippen molar-refractivity contribution in [3.05, 3.63) is 60.7 Å². The summed E-state index contributed by atoms with van der Waals surface area (Å²) in [5.41, 5.74) is 8.52. The predicted molar refractivity (Wildman–Crippen MR) is 84.4 cm³/mol. The Labute approximate surface area is 121 Å². The smallest absolute Gasteiger partial charge is 0.207 e. The molecule has 0 fully saturated rings. The quantitative estimate of drug-likeness (QED) is 0.570. The van der Waals surface area contributed by atoms with Crippen LogP contribution in [0.3, 0.4) is 0 Å². The molecule has 3 aromatic rings. The van der Waals surface area contributed by atoms with Crippen LogP contribution >= 0.6 is 11.5 Å². The number of aromatic nitrogens is 1. The van der Waals surface area contributed by atoms with E-state index in [1.807, 2.05) is 48.5 Å². The normalized spacial score (nSPS) is 10.6. The maximum absolute atomic E-state index is 6.02. The van der Waals surface area contributed by atoms with Crippen LogP contribution in [0.15, 0.2) is 55.1 Å². The molecule has 2 N–H and O–H groups in total. The van der Waals surface area contributed by atoms with Gasteiger partial charge in [-0.3, -0.25) is 0 Å². The molecule has 1 aromatic heterocycles. The Morgan fingerprint density at radius 2 is 2.10 bits per heavy atom. The second kappa shape index (κ2) is 5.35. The van der Waals surface area contributed by atoms with Gasteiger partial charge in [0.1, 0.15) is 5.75 Å². The van der Waals surface area contributed by atoms with Crippen LogP contribution in [-0.2, 0) is 6.42 Å². The number of nitrogens with two attached hydrogens (primary N) is 1. The van der Waals surface area contributed by atoms with Gasteiger partial charge in [-0.15, -0.1) is 6.58 Å². The maximum Gasteiger partial charge on any atom is 0.207 e. The Kier molecular flexibility index (Phi) is 3.39. The summed E-state index contributed by atoms with van der Waals surface area (Å²) in [5, 5.41) is 1.83. The van der Waals surface area contributed by atoms with Gasteiger partial charge < -0.3 is 10.5 Å². The summed E-state index contributed by atoms with van der Waals surface area (Å²) >= 11 is 1.36. The van der Waals surface area contributed by atoms with Crippen molar-refractivity contribution in [3.8, 4) is 10.8 Å². The number of hydrogen-bond acceptors (Lipinski definition) is 4. The molecular formula is C16H14N2OS. The number of nitrogens with zero attached hydrogens (tertiary/aromatic N) is 1. The number of ether oxygens (including phenoxy) is 1. The fraction of sp³-hybridized carbons (Fsp3) is 0.0625. The molecule has 0 bridgehead atoms. The zero-order valence-electron chi connectivity index (χ0n) is 10.9. The molecule has 1 heterocycles. The van der Waals surface area contributed by atoms with E-state index >= 15 is 0 Å². The molecule has 0 spiro atoms. The first-order chi connectivity index (χ1) is 9.78. The van der Waals surface area contributed by atoms with Gasteiger partial charge in [0.2, 0.25) is 5.06 Å². The molecule has 0 unspecified atom stereocenters. The van der Waals surface area contributed by atoms with Gasteiger partial charge in [-0.2, -0.15) is 4.37 Å². The largest absolute Gasteiger partial charge is 0.444 e. The van der Waals surface area contributed by atoms with Crippen LogP contribution in [0.2, 0.25) is 0 Å². The molecule has 0 saturated carbocycles. The molecule has 0 saturated heterocycles. The van der Waals surface area contributed by atoms with Crippen molar-refractivity contribution in [1.82, 2.24) is 4.37 Å².